The summed E-state index contributed by atoms with van der Waals surface area (Å²) >= 11 is 0. The molecule has 0 fully saturated rings. The van der Waals surface area contributed by atoms with Gasteiger partial charge in [0.05, 0.1) is 25.2 Å². The van der Waals surface area contributed by atoms with E-state index < -0.39 is 0 Å². The van der Waals surface area contributed by atoms with Crippen LogP contribution in [0.15, 0.2) is 18.2 Å². The third kappa shape index (κ3) is 2.60. The van der Waals surface area contributed by atoms with Crippen molar-refractivity contribution in [1.82, 2.24) is 0 Å². The van der Waals surface area contributed by atoms with Gasteiger partial charge in [0, 0.05) is 0 Å². The van der Waals surface area contributed by atoms with E-state index in [2.05, 4.69) is 13.8 Å². The summed E-state index contributed by atoms with van der Waals surface area (Å²) in [6.45, 7) is 4.15. The van der Waals surface area contributed by atoms with Gasteiger partial charge in [-0.2, -0.15) is 5.26 Å². The van der Waals surface area contributed by atoms with Crippen LogP contribution in [0, 0.1) is 11.3 Å². The maximum atomic E-state index is 11.6. The van der Waals surface area contributed by atoms with Crippen LogP contribution >= 0.6 is 0 Å². The Labute approximate surface area is 95.7 Å². The fourth-order valence-electron chi connectivity index (χ4n) is 1.46. The first-order valence-corrected chi connectivity index (χ1v) is 5.18. The number of hydrogen-bond acceptors (Lipinski definition) is 3. The van der Waals surface area contributed by atoms with E-state index in [4.69, 9.17) is 10.00 Å². The number of ketones is 1. The van der Waals surface area contributed by atoms with E-state index in [0.717, 1.165) is 5.56 Å². The third-order valence-electron chi connectivity index (χ3n) is 2.43. The van der Waals surface area contributed by atoms with E-state index in [1.54, 1.807) is 6.07 Å². The lowest BCUT2D eigenvalue weighted by molar-refractivity contribution is 0.0995. The number of nitrogens with zero attached hydrogens (tertiary/aromatic N) is 1. The molecule has 0 aromatic heterocycles. The van der Waals surface area contributed by atoms with Crippen molar-refractivity contribution in [2.45, 2.75) is 26.2 Å². The quantitative estimate of drug-likeness (QED) is 0.728. The SMILES string of the molecule is COc1cc(C(C)C)ccc1C(=O)CC#N. The largest absolute Gasteiger partial charge is 0.496 e. The molecule has 3 nitrogen and oxygen atoms in total. The van der Waals surface area contributed by atoms with Gasteiger partial charge in [-0.05, 0) is 23.6 Å². The molecule has 0 radical (unpaired) electrons. The van der Waals surface area contributed by atoms with Gasteiger partial charge in [-0.1, -0.05) is 19.9 Å². The molecule has 1 rings (SSSR count). The number of rotatable bonds is 4. The first-order chi connectivity index (χ1) is 7.60. The Morgan fingerprint density at radius 3 is 2.69 bits per heavy atom. The number of Topliss-reactive ketones (excluding diaryl/α,β-unsaturated/α-hetero) is 1. The summed E-state index contributed by atoms with van der Waals surface area (Å²) in [6, 6.07) is 7.34. The number of nitriles is 1. The number of methoxy groups -OCH3 is 1. The molecule has 0 spiro atoms. The zero-order chi connectivity index (χ0) is 12.1. The summed E-state index contributed by atoms with van der Waals surface area (Å²) in [6.07, 6.45) is -0.114. The van der Waals surface area contributed by atoms with Crippen LogP contribution in [0.5, 0.6) is 5.75 Å². The number of benzene rings is 1. The Balaban J connectivity index is 3.12. The fraction of sp³-hybridized carbons (Fsp3) is 0.385. The summed E-state index contributed by atoms with van der Waals surface area (Å²) in [7, 11) is 1.53. The molecular formula is C13H15NO2. The molecular weight excluding hydrogens is 202 g/mol. The van der Waals surface area contributed by atoms with E-state index in [0.29, 0.717) is 17.2 Å². The topological polar surface area (TPSA) is 50.1 Å². The molecule has 0 aliphatic carbocycles. The monoisotopic (exact) mass is 217 g/mol. The van der Waals surface area contributed by atoms with E-state index in [1.165, 1.54) is 7.11 Å². The minimum atomic E-state index is -0.199. The minimum absolute atomic E-state index is 0.114. The maximum Gasteiger partial charge on any atom is 0.180 e. The van der Waals surface area contributed by atoms with Gasteiger partial charge in [-0.25, -0.2) is 0 Å². The first kappa shape index (κ1) is 12.3. The molecule has 0 saturated carbocycles. The highest BCUT2D eigenvalue weighted by Gasteiger charge is 2.13. The van der Waals surface area contributed by atoms with Crippen molar-refractivity contribution >= 4 is 5.78 Å². The second-order valence-corrected chi connectivity index (χ2v) is 3.87. The molecule has 16 heavy (non-hydrogen) atoms. The molecule has 0 heterocycles. The predicted octanol–water partition coefficient (Wildman–Crippen LogP) is 2.91. The predicted molar refractivity (Wildman–Crippen MR) is 61.6 cm³/mol. The average molecular weight is 217 g/mol. The normalized spacial score (nSPS) is 9.94. The van der Waals surface area contributed by atoms with Gasteiger partial charge in [0.25, 0.3) is 0 Å². The zero-order valence-electron chi connectivity index (χ0n) is 9.78. The second-order valence-electron chi connectivity index (χ2n) is 3.87. The van der Waals surface area contributed by atoms with Gasteiger partial charge >= 0.3 is 0 Å². The number of ether oxygens (including phenoxy) is 1. The van der Waals surface area contributed by atoms with Crippen LogP contribution in [0.2, 0.25) is 0 Å². The summed E-state index contributed by atoms with van der Waals surface area (Å²) < 4.78 is 5.17. The lowest BCUT2D eigenvalue weighted by Crippen LogP contribution is -2.02. The van der Waals surface area contributed by atoms with Crippen LogP contribution in [0.25, 0.3) is 0 Å². The first-order valence-electron chi connectivity index (χ1n) is 5.18. The Kier molecular flexibility index (Phi) is 4.07. The molecule has 1 aromatic rings. The lowest BCUT2D eigenvalue weighted by Gasteiger charge is -2.11. The highest BCUT2D eigenvalue weighted by molar-refractivity contribution is 5.99. The van der Waals surface area contributed by atoms with E-state index in [1.807, 2.05) is 18.2 Å². The second kappa shape index (κ2) is 5.32. The standard InChI is InChI=1S/C13H15NO2/c1-9(2)10-4-5-11(12(15)6-7-14)13(8-10)16-3/h4-5,8-9H,6H2,1-3H3. The molecule has 0 unspecified atom stereocenters. The fourth-order valence-corrected chi connectivity index (χ4v) is 1.46. The summed E-state index contributed by atoms with van der Waals surface area (Å²) in [4.78, 5) is 11.6. The van der Waals surface area contributed by atoms with Crippen LogP contribution in [-0.2, 0) is 0 Å². The van der Waals surface area contributed by atoms with Crippen molar-refractivity contribution in [3.05, 3.63) is 29.3 Å². The summed E-state index contributed by atoms with van der Waals surface area (Å²) in [5.41, 5.74) is 1.60. The highest BCUT2D eigenvalue weighted by atomic mass is 16.5. The van der Waals surface area contributed by atoms with Gasteiger partial charge in [-0.15, -0.1) is 0 Å². The number of hydrogen-bond donors (Lipinski definition) is 0. The molecule has 0 saturated heterocycles. The van der Waals surface area contributed by atoms with Crippen molar-refractivity contribution in [2.24, 2.45) is 0 Å². The van der Waals surface area contributed by atoms with Crippen LogP contribution in [0.3, 0.4) is 0 Å². The molecule has 0 aliphatic rings. The van der Waals surface area contributed by atoms with Crippen molar-refractivity contribution in [2.75, 3.05) is 7.11 Å². The third-order valence-corrected chi connectivity index (χ3v) is 2.43. The van der Waals surface area contributed by atoms with Crippen LogP contribution in [0.4, 0.5) is 0 Å². The molecule has 3 heteroatoms. The van der Waals surface area contributed by atoms with Gasteiger partial charge < -0.3 is 4.74 Å². The molecule has 0 aliphatic heterocycles. The molecule has 0 N–H and O–H groups in total. The molecule has 84 valence electrons. The molecule has 0 amide bonds. The average Bonchev–Trinajstić information content (AvgIpc) is 2.28. The van der Waals surface area contributed by atoms with Crippen LogP contribution in [-0.4, -0.2) is 12.9 Å². The lowest BCUT2D eigenvalue weighted by atomic mass is 9.99. The van der Waals surface area contributed by atoms with Crippen LogP contribution in [0.1, 0.15) is 42.1 Å². The van der Waals surface area contributed by atoms with Crippen molar-refractivity contribution in [3.63, 3.8) is 0 Å². The molecule has 1 aromatic carbocycles. The Bertz CT molecular complexity index is 430. The van der Waals surface area contributed by atoms with Crippen molar-refractivity contribution in [3.8, 4) is 11.8 Å². The van der Waals surface area contributed by atoms with E-state index in [-0.39, 0.29) is 12.2 Å². The van der Waals surface area contributed by atoms with Gasteiger partial charge in [0.15, 0.2) is 5.78 Å². The smallest absolute Gasteiger partial charge is 0.180 e. The van der Waals surface area contributed by atoms with Crippen molar-refractivity contribution in [1.29, 1.82) is 5.26 Å². The Morgan fingerprint density at radius 1 is 1.50 bits per heavy atom. The Morgan fingerprint density at radius 2 is 2.19 bits per heavy atom. The number of carbonyl (C=O) groups excluding carboxylic acids is 1. The van der Waals surface area contributed by atoms with Gasteiger partial charge in [0.1, 0.15) is 5.75 Å². The summed E-state index contributed by atoms with van der Waals surface area (Å²) in [5, 5.41) is 8.49. The Hall–Kier alpha value is -1.82. The van der Waals surface area contributed by atoms with E-state index >= 15 is 0 Å². The maximum absolute atomic E-state index is 11.6. The molecule has 0 atom stereocenters. The zero-order valence-corrected chi connectivity index (χ0v) is 9.78. The van der Waals surface area contributed by atoms with Gasteiger partial charge in [-0.3, -0.25) is 4.79 Å². The summed E-state index contributed by atoms with van der Waals surface area (Å²) in [5.74, 6) is 0.732. The molecule has 0 bridgehead atoms. The number of carbonyl (C=O) groups is 1. The highest BCUT2D eigenvalue weighted by Crippen LogP contribution is 2.25. The van der Waals surface area contributed by atoms with Gasteiger partial charge in [0.2, 0.25) is 0 Å². The van der Waals surface area contributed by atoms with E-state index in [9.17, 15) is 4.79 Å². The van der Waals surface area contributed by atoms with Crippen LogP contribution < -0.4 is 4.74 Å². The van der Waals surface area contributed by atoms with Crippen molar-refractivity contribution < 1.29 is 9.53 Å². The minimum Gasteiger partial charge on any atom is -0.496 e.